The van der Waals surface area contributed by atoms with Gasteiger partial charge in [0.05, 0.1) is 18.0 Å². The minimum Gasteiger partial charge on any atom is -0.465 e. The van der Waals surface area contributed by atoms with Crippen LogP contribution < -0.4 is 14.5 Å². The molecule has 7 nitrogen and oxygen atoms in total. The van der Waals surface area contributed by atoms with E-state index >= 15 is 0 Å². The molecule has 0 bridgehead atoms. The van der Waals surface area contributed by atoms with Crippen molar-refractivity contribution in [3.63, 3.8) is 0 Å². The zero-order valence-corrected chi connectivity index (χ0v) is 18.7. The van der Waals surface area contributed by atoms with Crippen molar-refractivity contribution >= 4 is 40.6 Å². The maximum atomic E-state index is 13.3. The lowest BCUT2D eigenvalue weighted by molar-refractivity contribution is -0.143. The number of anilines is 2. The van der Waals surface area contributed by atoms with Gasteiger partial charge in [0.25, 0.3) is 5.91 Å². The number of hydrogen-bond donors (Lipinski definition) is 0. The molecule has 0 aromatic heterocycles. The number of fused-ring (bicyclic) bond motifs is 1. The Bertz CT molecular complexity index is 1110. The molecule has 0 aliphatic carbocycles. The van der Waals surface area contributed by atoms with Gasteiger partial charge < -0.3 is 19.3 Å². The molecule has 2 aliphatic heterocycles. The van der Waals surface area contributed by atoms with Crippen LogP contribution in [0.2, 0.25) is 0 Å². The second-order valence-electron chi connectivity index (χ2n) is 7.02. The van der Waals surface area contributed by atoms with Crippen molar-refractivity contribution in [3.05, 3.63) is 78.3 Å². The predicted octanol–water partition coefficient (Wildman–Crippen LogP) is 3.83. The van der Waals surface area contributed by atoms with Gasteiger partial charge in [-0.25, -0.2) is 0 Å². The summed E-state index contributed by atoms with van der Waals surface area (Å²) >= 11 is 5.57. The molecule has 2 heterocycles. The molecular formula is C24H23N3O4S. The van der Waals surface area contributed by atoms with Gasteiger partial charge in [0.1, 0.15) is 12.2 Å². The molecule has 0 unspecified atom stereocenters. The molecule has 2 aromatic carbocycles. The van der Waals surface area contributed by atoms with Crippen molar-refractivity contribution in [1.29, 1.82) is 0 Å². The lowest BCUT2D eigenvalue weighted by Crippen LogP contribution is -2.35. The Hall–Kier alpha value is -3.65. The molecule has 0 saturated carbocycles. The fraction of sp³-hybridized carbons (Fsp3) is 0.208. The summed E-state index contributed by atoms with van der Waals surface area (Å²) in [6, 6.07) is 16.8. The van der Waals surface area contributed by atoms with E-state index in [4.69, 9.17) is 21.7 Å². The third-order valence-electron chi connectivity index (χ3n) is 5.08. The average molecular weight is 450 g/mol. The minimum atomic E-state index is -0.462. The quantitative estimate of drug-likeness (QED) is 0.377. The molecule has 2 aliphatic rings. The zero-order valence-electron chi connectivity index (χ0n) is 17.9. The largest absolute Gasteiger partial charge is 0.465 e. The van der Waals surface area contributed by atoms with Crippen LogP contribution in [0, 0.1) is 0 Å². The highest BCUT2D eigenvalue weighted by Crippen LogP contribution is 2.38. The fourth-order valence-electron chi connectivity index (χ4n) is 3.65. The summed E-state index contributed by atoms with van der Waals surface area (Å²) in [6.45, 7) is 4.54. The van der Waals surface area contributed by atoms with Gasteiger partial charge in [-0.05, 0) is 56.4 Å². The van der Waals surface area contributed by atoms with Crippen molar-refractivity contribution < 1.29 is 19.1 Å². The van der Waals surface area contributed by atoms with Crippen molar-refractivity contribution in [2.24, 2.45) is 0 Å². The Morgan fingerprint density at radius 1 is 1.03 bits per heavy atom. The topological polar surface area (TPSA) is 62.3 Å². The number of ether oxygens (including phenoxy) is 2. The average Bonchev–Trinajstić information content (AvgIpc) is 3.27. The molecule has 0 spiro atoms. The summed E-state index contributed by atoms with van der Waals surface area (Å²) in [4.78, 5) is 30.5. The Morgan fingerprint density at radius 3 is 2.47 bits per heavy atom. The van der Waals surface area contributed by atoms with Crippen LogP contribution in [-0.2, 0) is 14.3 Å². The maximum Gasteiger partial charge on any atom is 0.326 e. The van der Waals surface area contributed by atoms with Crippen LogP contribution in [0.4, 0.5) is 11.4 Å². The van der Waals surface area contributed by atoms with Gasteiger partial charge in [0.15, 0.2) is 10.9 Å². The molecule has 1 amide bonds. The van der Waals surface area contributed by atoms with Crippen molar-refractivity contribution in [2.75, 3.05) is 29.5 Å². The number of para-hydroxylation sites is 3. The molecule has 1 fully saturated rings. The monoisotopic (exact) mass is 449 g/mol. The third kappa shape index (κ3) is 3.97. The SMILES string of the molecule is CCOC(=O)CN1C(=S)N(c2ccccc2)C(=O)C1=CC=C1Oc2ccccc2N1CC. The number of benzene rings is 2. The van der Waals surface area contributed by atoms with E-state index in [1.54, 1.807) is 31.2 Å². The summed E-state index contributed by atoms with van der Waals surface area (Å²) in [6.07, 6.45) is 3.37. The van der Waals surface area contributed by atoms with Crippen LogP contribution in [-0.4, -0.2) is 41.6 Å². The van der Waals surface area contributed by atoms with Crippen molar-refractivity contribution in [3.8, 4) is 5.75 Å². The van der Waals surface area contributed by atoms with Crippen LogP contribution >= 0.6 is 12.2 Å². The van der Waals surface area contributed by atoms with Gasteiger partial charge in [-0.15, -0.1) is 0 Å². The summed E-state index contributed by atoms with van der Waals surface area (Å²) < 4.78 is 11.1. The summed E-state index contributed by atoms with van der Waals surface area (Å²) in [5, 5.41) is 0.224. The lowest BCUT2D eigenvalue weighted by Gasteiger charge is -2.19. The second-order valence-corrected chi connectivity index (χ2v) is 7.39. The lowest BCUT2D eigenvalue weighted by atomic mass is 10.2. The molecule has 0 atom stereocenters. The fourth-order valence-corrected chi connectivity index (χ4v) is 4.00. The first kappa shape index (κ1) is 21.6. The van der Waals surface area contributed by atoms with Crippen LogP contribution in [0.25, 0.3) is 0 Å². The molecular weight excluding hydrogens is 426 g/mol. The molecule has 0 radical (unpaired) electrons. The van der Waals surface area contributed by atoms with E-state index in [-0.39, 0.29) is 29.9 Å². The smallest absolute Gasteiger partial charge is 0.326 e. The molecule has 8 heteroatoms. The van der Waals surface area contributed by atoms with E-state index in [0.717, 1.165) is 11.4 Å². The number of amides is 1. The Balaban J connectivity index is 1.70. The summed E-state index contributed by atoms with van der Waals surface area (Å²) in [5.41, 5.74) is 1.87. The zero-order chi connectivity index (χ0) is 22.7. The van der Waals surface area contributed by atoms with E-state index in [1.165, 1.54) is 9.80 Å². The highest BCUT2D eigenvalue weighted by atomic mass is 32.1. The molecule has 32 heavy (non-hydrogen) atoms. The first-order valence-electron chi connectivity index (χ1n) is 10.4. The second kappa shape index (κ2) is 9.23. The number of thiocarbonyl (C=S) groups is 1. The standard InChI is InChI=1S/C24H23N3O4S/c1-3-25-18-12-8-9-13-20(18)31-21(25)15-14-19-23(29)27(17-10-6-5-7-11-17)24(32)26(19)16-22(28)30-4-2/h5-15H,3-4,16H2,1-2H3. The number of esters is 1. The van der Waals surface area contributed by atoms with E-state index in [1.807, 2.05) is 54.3 Å². The normalized spacial score (nSPS) is 17.9. The summed E-state index contributed by atoms with van der Waals surface area (Å²) in [5.74, 6) is 0.562. The number of nitrogens with zero attached hydrogens (tertiary/aromatic N) is 3. The number of allylic oxidation sites excluding steroid dienone is 2. The molecule has 4 rings (SSSR count). The van der Waals surface area contributed by atoms with Gasteiger partial charge in [0, 0.05) is 12.6 Å². The third-order valence-corrected chi connectivity index (χ3v) is 5.48. The molecule has 2 aromatic rings. The first-order valence-corrected chi connectivity index (χ1v) is 10.8. The first-order chi connectivity index (χ1) is 15.5. The molecule has 1 saturated heterocycles. The van der Waals surface area contributed by atoms with E-state index in [9.17, 15) is 9.59 Å². The highest BCUT2D eigenvalue weighted by Gasteiger charge is 2.40. The predicted molar refractivity (Wildman–Crippen MR) is 126 cm³/mol. The number of hydrogen-bond acceptors (Lipinski definition) is 6. The van der Waals surface area contributed by atoms with Crippen molar-refractivity contribution in [2.45, 2.75) is 13.8 Å². The Kier molecular flexibility index (Phi) is 6.23. The Morgan fingerprint density at radius 2 is 1.75 bits per heavy atom. The Labute approximate surface area is 192 Å². The number of carbonyl (C=O) groups is 2. The number of rotatable bonds is 6. The van der Waals surface area contributed by atoms with Gasteiger partial charge in [-0.2, -0.15) is 0 Å². The van der Waals surface area contributed by atoms with Gasteiger partial charge in [-0.1, -0.05) is 30.3 Å². The van der Waals surface area contributed by atoms with Crippen LogP contribution in [0.5, 0.6) is 5.75 Å². The maximum absolute atomic E-state index is 13.3. The molecule has 164 valence electrons. The van der Waals surface area contributed by atoms with Crippen molar-refractivity contribution in [1.82, 2.24) is 4.90 Å². The van der Waals surface area contributed by atoms with E-state index in [0.29, 0.717) is 18.1 Å². The van der Waals surface area contributed by atoms with Crippen LogP contribution in [0.3, 0.4) is 0 Å². The van der Waals surface area contributed by atoms with E-state index in [2.05, 4.69) is 0 Å². The molecule has 0 N–H and O–H groups in total. The van der Waals surface area contributed by atoms with Gasteiger partial charge in [0.2, 0.25) is 5.88 Å². The van der Waals surface area contributed by atoms with Gasteiger partial charge in [-0.3, -0.25) is 14.5 Å². The van der Waals surface area contributed by atoms with Crippen LogP contribution in [0.1, 0.15) is 13.8 Å². The van der Waals surface area contributed by atoms with E-state index < -0.39 is 5.97 Å². The van der Waals surface area contributed by atoms with Crippen LogP contribution in [0.15, 0.2) is 78.3 Å². The van der Waals surface area contributed by atoms with Gasteiger partial charge >= 0.3 is 5.97 Å². The minimum absolute atomic E-state index is 0.157. The number of carbonyl (C=O) groups excluding carboxylic acids is 2. The highest BCUT2D eigenvalue weighted by molar-refractivity contribution is 7.80. The summed E-state index contributed by atoms with van der Waals surface area (Å²) in [7, 11) is 0.